The predicted molar refractivity (Wildman–Crippen MR) is 122 cm³/mol. The van der Waals surface area contributed by atoms with Crippen molar-refractivity contribution in [2.45, 2.75) is 82.1 Å². The summed E-state index contributed by atoms with van der Waals surface area (Å²) in [5, 5.41) is 6.14. The molecule has 7 heteroatoms. The second kappa shape index (κ2) is 10.2. The number of morpholine rings is 1. The highest BCUT2D eigenvalue weighted by Crippen LogP contribution is 2.36. The van der Waals surface area contributed by atoms with E-state index in [9.17, 15) is 9.59 Å². The van der Waals surface area contributed by atoms with Crippen LogP contribution in [0.4, 0.5) is 4.79 Å². The van der Waals surface area contributed by atoms with Crippen molar-refractivity contribution >= 4 is 11.9 Å². The van der Waals surface area contributed by atoms with Gasteiger partial charge in [0, 0.05) is 13.1 Å². The fourth-order valence-electron chi connectivity index (χ4n) is 5.49. The van der Waals surface area contributed by atoms with E-state index in [0.29, 0.717) is 32.2 Å². The molecule has 0 bridgehead atoms. The summed E-state index contributed by atoms with van der Waals surface area (Å²) >= 11 is 0. The van der Waals surface area contributed by atoms with E-state index in [2.05, 4.69) is 41.0 Å². The van der Waals surface area contributed by atoms with Crippen molar-refractivity contribution < 1.29 is 19.1 Å². The van der Waals surface area contributed by atoms with Gasteiger partial charge in [0.05, 0.1) is 30.9 Å². The van der Waals surface area contributed by atoms with Crippen LogP contribution >= 0.6 is 0 Å². The number of carbonyl (C=O) groups is 2. The van der Waals surface area contributed by atoms with Crippen LogP contribution in [0.15, 0.2) is 30.3 Å². The molecule has 1 aromatic rings. The SMILES string of the molecule is CCNC(=O)N1CCC[C@@]2(CO[C@H](C)C(=O)N2)[C@@H]1COC1CCC(c2ccccc2)CC1. The number of rotatable bonds is 5. The molecular formula is C25H37N3O4. The molecule has 32 heavy (non-hydrogen) atoms. The third kappa shape index (κ3) is 4.94. The summed E-state index contributed by atoms with van der Waals surface area (Å²) in [7, 11) is 0. The summed E-state index contributed by atoms with van der Waals surface area (Å²) < 4.78 is 12.3. The Morgan fingerprint density at radius 1 is 1.25 bits per heavy atom. The molecule has 4 rings (SSSR count). The molecule has 0 unspecified atom stereocenters. The normalized spacial score (nSPS) is 33.1. The van der Waals surface area contributed by atoms with E-state index in [1.807, 2.05) is 11.8 Å². The molecule has 0 radical (unpaired) electrons. The van der Waals surface area contributed by atoms with Gasteiger partial charge in [0.25, 0.3) is 0 Å². The number of likely N-dealkylation sites (tertiary alicyclic amines) is 1. The van der Waals surface area contributed by atoms with E-state index in [0.717, 1.165) is 38.5 Å². The Hall–Kier alpha value is -2.12. The summed E-state index contributed by atoms with van der Waals surface area (Å²) in [6.07, 6.45) is 5.59. The second-order valence-electron chi connectivity index (χ2n) is 9.46. The Kier molecular flexibility index (Phi) is 7.36. The zero-order valence-electron chi connectivity index (χ0n) is 19.3. The van der Waals surface area contributed by atoms with Gasteiger partial charge < -0.3 is 25.0 Å². The van der Waals surface area contributed by atoms with Gasteiger partial charge >= 0.3 is 6.03 Å². The summed E-state index contributed by atoms with van der Waals surface area (Å²) in [6.45, 7) is 5.73. The molecule has 3 fully saturated rings. The van der Waals surface area contributed by atoms with Crippen molar-refractivity contribution in [2.24, 2.45) is 0 Å². The Morgan fingerprint density at radius 2 is 2.00 bits per heavy atom. The minimum atomic E-state index is -0.589. The van der Waals surface area contributed by atoms with E-state index >= 15 is 0 Å². The van der Waals surface area contributed by atoms with Crippen LogP contribution in [-0.2, 0) is 14.3 Å². The van der Waals surface area contributed by atoms with Crippen molar-refractivity contribution in [3.05, 3.63) is 35.9 Å². The van der Waals surface area contributed by atoms with Gasteiger partial charge in [-0.25, -0.2) is 4.79 Å². The second-order valence-corrected chi connectivity index (χ2v) is 9.46. The fraction of sp³-hybridized carbons (Fsp3) is 0.680. The predicted octanol–water partition coefficient (Wildman–Crippen LogP) is 3.20. The molecule has 2 aliphatic heterocycles. The Labute approximate surface area is 191 Å². The number of ether oxygens (including phenoxy) is 2. The van der Waals surface area contributed by atoms with Crippen LogP contribution in [0.3, 0.4) is 0 Å². The summed E-state index contributed by atoms with van der Waals surface area (Å²) in [4.78, 5) is 27.2. The standard InChI is InChI=1S/C25H37N3O4/c1-3-26-24(30)28-15-7-14-25(17-32-18(2)23(29)27-25)22(28)16-31-21-12-10-20(11-13-21)19-8-5-4-6-9-19/h4-6,8-9,18,20-22H,3,7,10-17H2,1-2H3,(H,26,30)(H,27,29)/t18-,20?,21?,22+,25-/m1/s1. The minimum absolute atomic E-state index is 0.0965. The van der Waals surface area contributed by atoms with E-state index in [1.54, 1.807) is 6.92 Å². The molecule has 2 heterocycles. The summed E-state index contributed by atoms with van der Waals surface area (Å²) in [5.41, 5.74) is 0.824. The van der Waals surface area contributed by atoms with Gasteiger partial charge in [0.1, 0.15) is 6.10 Å². The molecule has 176 valence electrons. The van der Waals surface area contributed by atoms with Crippen LogP contribution in [0.1, 0.15) is 63.9 Å². The topological polar surface area (TPSA) is 79.9 Å². The number of carbonyl (C=O) groups excluding carboxylic acids is 2. The van der Waals surface area contributed by atoms with Crippen LogP contribution in [0.25, 0.3) is 0 Å². The third-order valence-corrected chi connectivity index (χ3v) is 7.39. The van der Waals surface area contributed by atoms with Gasteiger partial charge in [-0.3, -0.25) is 4.79 Å². The number of amides is 3. The molecule has 1 saturated carbocycles. The maximum absolute atomic E-state index is 12.8. The Balaban J connectivity index is 1.42. The molecule has 3 aliphatic rings. The van der Waals surface area contributed by atoms with E-state index in [-0.39, 0.29) is 24.1 Å². The lowest BCUT2D eigenvalue weighted by Gasteiger charge is -2.52. The van der Waals surface area contributed by atoms with Crippen LogP contribution in [0, 0.1) is 0 Å². The van der Waals surface area contributed by atoms with E-state index in [4.69, 9.17) is 9.47 Å². The number of hydrogen-bond donors (Lipinski definition) is 2. The summed E-state index contributed by atoms with van der Waals surface area (Å²) in [6, 6.07) is 10.4. The highest BCUT2D eigenvalue weighted by molar-refractivity contribution is 5.82. The largest absolute Gasteiger partial charge is 0.376 e. The van der Waals surface area contributed by atoms with Gasteiger partial charge in [0.15, 0.2) is 0 Å². The number of nitrogens with one attached hydrogen (secondary N) is 2. The maximum Gasteiger partial charge on any atom is 0.317 e. The monoisotopic (exact) mass is 443 g/mol. The zero-order chi connectivity index (χ0) is 22.6. The summed E-state index contributed by atoms with van der Waals surface area (Å²) in [5.74, 6) is 0.485. The maximum atomic E-state index is 12.8. The third-order valence-electron chi connectivity index (χ3n) is 7.39. The van der Waals surface area contributed by atoms with Gasteiger partial charge in [-0.05, 0) is 63.9 Å². The number of benzene rings is 1. The van der Waals surface area contributed by atoms with Gasteiger partial charge in [-0.1, -0.05) is 30.3 Å². The molecule has 3 atom stereocenters. The van der Waals surface area contributed by atoms with Crippen LogP contribution in [0.2, 0.25) is 0 Å². The smallest absolute Gasteiger partial charge is 0.317 e. The lowest BCUT2D eigenvalue weighted by molar-refractivity contribution is -0.153. The molecule has 0 aromatic heterocycles. The van der Waals surface area contributed by atoms with Crippen LogP contribution in [-0.4, -0.2) is 66.9 Å². The molecule has 1 aromatic carbocycles. The van der Waals surface area contributed by atoms with Crippen molar-refractivity contribution in [3.63, 3.8) is 0 Å². The molecule has 1 aliphatic carbocycles. The van der Waals surface area contributed by atoms with Gasteiger partial charge in [-0.15, -0.1) is 0 Å². The highest BCUT2D eigenvalue weighted by Gasteiger charge is 2.50. The average molecular weight is 444 g/mol. The molecule has 2 saturated heterocycles. The first kappa shape index (κ1) is 23.1. The first-order valence-electron chi connectivity index (χ1n) is 12.2. The number of piperidine rings is 1. The average Bonchev–Trinajstić information content (AvgIpc) is 2.82. The first-order chi connectivity index (χ1) is 15.5. The van der Waals surface area contributed by atoms with Gasteiger partial charge in [0.2, 0.25) is 5.91 Å². The number of nitrogens with zero attached hydrogens (tertiary/aromatic N) is 1. The van der Waals surface area contributed by atoms with Crippen LogP contribution in [0.5, 0.6) is 0 Å². The van der Waals surface area contributed by atoms with Crippen molar-refractivity contribution in [1.29, 1.82) is 0 Å². The minimum Gasteiger partial charge on any atom is -0.376 e. The molecule has 3 amide bonds. The quantitative estimate of drug-likeness (QED) is 0.733. The highest BCUT2D eigenvalue weighted by atomic mass is 16.5. The lowest BCUT2D eigenvalue weighted by atomic mass is 9.80. The Bertz CT molecular complexity index is 781. The first-order valence-corrected chi connectivity index (χ1v) is 12.2. The molecule has 2 N–H and O–H groups in total. The van der Waals surface area contributed by atoms with Crippen molar-refractivity contribution in [3.8, 4) is 0 Å². The van der Waals surface area contributed by atoms with Crippen LogP contribution < -0.4 is 10.6 Å². The molecule has 7 nitrogen and oxygen atoms in total. The Morgan fingerprint density at radius 3 is 2.69 bits per heavy atom. The number of urea groups is 1. The van der Waals surface area contributed by atoms with E-state index in [1.165, 1.54) is 5.56 Å². The fourth-order valence-corrected chi connectivity index (χ4v) is 5.49. The van der Waals surface area contributed by atoms with Crippen molar-refractivity contribution in [2.75, 3.05) is 26.3 Å². The molecular weight excluding hydrogens is 406 g/mol. The molecule has 1 spiro atoms. The lowest BCUT2D eigenvalue weighted by Crippen LogP contribution is -2.73. The zero-order valence-corrected chi connectivity index (χ0v) is 19.3. The number of hydrogen-bond acceptors (Lipinski definition) is 4. The van der Waals surface area contributed by atoms with E-state index < -0.39 is 11.6 Å². The van der Waals surface area contributed by atoms with Crippen molar-refractivity contribution in [1.82, 2.24) is 15.5 Å². The van der Waals surface area contributed by atoms with Gasteiger partial charge in [-0.2, -0.15) is 0 Å².